The van der Waals surface area contributed by atoms with Gasteiger partial charge in [-0.25, -0.2) is 8.78 Å². The van der Waals surface area contributed by atoms with Crippen LogP contribution in [-0.4, -0.2) is 88.5 Å². The Morgan fingerprint density at radius 3 is 2.27 bits per heavy atom. The number of hydrogen-bond donors (Lipinski definition) is 1. The standard InChI is InChI=1S/C14H28F2IN3O2/c1-21-11-9-20-7-5-19(6-8-20)4-2-3-10-22-13-14(15,16)12-18-17/h18H,2-13H2,1H3. The molecule has 5 nitrogen and oxygen atoms in total. The average Bonchev–Trinajstić information content (AvgIpc) is 2.49. The molecule has 8 heteroatoms. The molecule has 132 valence electrons. The normalized spacial score (nSPS) is 18.0. The van der Waals surface area contributed by atoms with Gasteiger partial charge in [0.25, 0.3) is 5.92 Å². The average molecular weight is 435 g/mol. The molecule has 0 aliphatic carbocycles. The topological polar surface area (TPSA) is 37.0 Å². The summed E-state index contributed by atoms with van der Waals surface area (Å²) >= 11 is 1.72. The Hall–Kier alpha value is 0.390. The van der Waals surface area contributed by atoms with Crippen molar-refractivity contribution in [2.75, 3.05) is 72.7 Å². The molecule has 1 saturated heterocycles. The van der Waals surface area contributed by atoms with Crippen LogP contribution >= 0.6 is 22.9 Å². The summed E-state index contributed by atoms with van der Waals surface area (Å²) in [6.07, 6.45) is 1.83. The first-order valence-corrected chi connectivity index (χ1v) is 8.88. The SMILES string of the molecule is COCCN1CCN(CCCCOCC(F)(F)CNI)CC1. The lowest BCUT2D eigenvalue weighted by atomic mass is 10.2. The maximum atomic E-state index is 13.1. The van der Waals surface area contributed by atoms with E-state index in [1.807, 2.05) is 0 Å². The number of alkyl halides is 2. The first-order valence-electron chi connectivity index (χ1n) is 7.80. The van der Waals surface area contributed by atoms with Gasteiger partial charge < -0.3 is 14.4 Å². The molecule has 0 aromatic heterocycles. The third-order valence-corrected chi connectivity index (χ3v) is 4.11. The molecule has 0 saturated carbocycles. The first kappa shape index (κ1) is 20.4. The fraction of sp³-hybridized carbons (Fsp3) is 1.00. The van der Waals surface area contributed by atoms with Gasteiger partial charge in [0, 0.05) is 69.3 Å². The largest absolute Gasteiger partial charge is 0.383 e. The molecule has 1 rings (SSSR count). The third kappa shape index (κ3) is 9.51. The molecule has 1 aliphatic rings. The summed E-state index contributed by atoms with van der Waals surface area (Å²) in [4.78, 5) is 4.84. The first-order chi connectivity index (χ1) is 10.6. The van der Waals surface area contributed by atoms with Gasteiger partial charge in [-0.05, 0) is 19.4 Å². The van der Waals surface area contributed by atoms with Gasteiger partial charge in [0.2, 0.25) is 0 Å². The van der Waals surface area contributed by atoms with Crippen LogP contribution in [0.1, 0.15) is 12.8 Å². The Kier molecular flexibility index (Phi) is 11.0. The van der Waals surface area contributed by atoms with E-state index in [2.05, 4.69) is 13.3 Å². The highest BCUT2D eigenvalue weighted by Gasteiger charge is 2.28. The predicted octanol–water partition coefficient (Wildman–Crippen LogP) is 1.62. The summed E-state index contributed by atoms with van der Waals surface area (Å²) in [7, 11) is 1.73. The zero-order chi connectivity index (χ0) is 16.3. The van der Waals surface area contributed by atoms with E-state index >= 15 is 0 Å². The lowest BCUT2D eigenvalue weighted by Crippen LogP contribution is -2.47. The fourth-order valence-electron chi connectivity index (χ4n) is 2.37. The molecule has 0 spiro atoms. The summed E-state index contributed by atoms with van der Waals surface area (Å²) in [6, 6.07) is 0. The Bertz CT molecular complexity index is 281. The van der Waals surface area contributed by atoms with E-state index in [9.17, 15) is 8.78 Å². The highest BCUT2D eigenvalue weighted by molar-refractivity contribution is 14.1. The number of unbranched alkanes of at least 4 members (excludes halogenated alkanes) is 1. The van der Waals surface area contributed by atoms with E-state index in [-0.39, 0.29) is 6.54 Å². The maximum Gasteiger partial charge on any atom is 0.283 e. The molecular weight excluding hydrogens is 407 g/mol. The highest BCUT2D eigenvalue weighted by atomic mass is 127. The van der Waals surface area contributed by atoms with Crippen molar-refractivity contribution >= 4 is 22.9 Å². The van der Waals surface area contributed by atoms with Crippen LogP contribution in [0.3, 0.4) is 0 Å². The van der Waals surface area contributed by atoms with Crippen LogP contribution in [0.2, 0.25) is 0 Å². The van der Waals surface area contributed by atoms with E-state index in [0.29, 0.717) is 6.61 Å². The van der Waals surface area contributed by atoms with Gasteiger partial charge in [-0.15, -0.1) is 0 Å². The molecule has 0 amide bonds. The van der Waals surface area contributed by atoms with E-state index in [1.54, 1.807) is 30.0 Å². The molecule has 22 heavy (non-hydrogen) atoms. The smallest absolute Gasteiger partial charge is 0.283 e. The van der Waals surface area contributed by atoms with Gasteiger partial charge in [0.1, 0.15) is 6.61 Å². The van der Waals surface area contributed by atoms with E-state index in [4.69, 9.17) is 9.47 Å². The Labute approximate surface area is 146 Å². The van der Waals surface area contributed by atoms with Crippen molar-refractivity contribution in [3.8, 4) is 0 Å². The van der Waals surface area contributed by atoms with Gasteiger partial charge in [-0.2, -0.15) is 0 Å². The van der Waals surface area contributed by atoms with Crippen molar-refractivity contribution in [1.29, 1.82) is 0 Å². The second-order valence-corrected chi connectivity index (χ2v) is 6.36. The third-order valence-electron chi connectivity index (χ3n) is 3.73. The number of ether oxygens (including phenoxy) is 2. The lowest BCUT2D eigenvalue weighted by molar-refractivity contribution is -0.0713. The van der Waals surface area contributed by atoms with Crippen molar-refractivity contribution in [2.24, 2.45) is 0 Å². The Balaban J connectivity index is 1.95. The minimum Gasteiger partial charge on any atom is -0.383 e. The van der Waals surface area contributed by atoms with Crippen LogP contribution in [0.15, 0.2) is 0 Å². The van der Waals surface area contributed by atoms with E-state index < -0.39 is 12.5 Å². The van der Waals surface area contributed by atoms with E-state index in [0.717, 1.165) is 58.7 Å². The van der Waals surface area contributed by atoms with Crippen LogP contribution in [0, 0.1) is 0 Å². The molecule has 0 radical (unpaired) electrons. The number of halogens is 3. The summed E-state index contributed by atoms with van der Waals surface area (Å²) in [5.41, 5.74) is 0. The molecule has 1 heterocycles. The van der Waals surface area contributed by atoms with Gasteiger partial charge in [0.15, 0.2) is 0 Å². The summed E-state index contributed by atoms with van der Waals surface area (Å²) in [5.74, 6) is -2.78. The molecule has 0 atom stereocenters. The number of rotatable bonds is 12. The monoisotopic (exact) mass is 435 g/mol. The molecular formula is C14H28F2IN3O2. The van der Waals surface area contributed by atoms with Crippen molar-refractivity contribution in [1.82, 2.24) is 13.3 Å². The zero-order valence-electron chi connectivity index (χ0n) is 13.3. The number of methoxy groups -OCH3 is 1. The summed E-state index contributed by atoms with van der Waals surface area (Å²) in [5, 5.41) is 0. The predicted molar refractivity (Wildman–Crippen MR) is 91.8 cm³/mol. The summed E-state index contributed by atoms with van der Waals surface area (Å²) < 4.78 is 38.9. The van der Waals surface area contributed by atoms with Gasteiger partial charge >= 0.3 is 0 Å². The van der Waals surface area contributed by atoms with Crippen LogP contribution in [0.4, 0.5) is 8.78 Å². The molecule has 0 aromatic rings. The molecule has 0 unspecified atom stereocenters. The van der Waals surface area contributed by atoms with Gasteiger partial charge in [-0.3, -0.25) is 8.43 Å². The van der Waals surface area contributed by atoms with Crippen LogP contribution in [-0.2, 0) is 9.47 Å². The number of piperazine rings is 1. The minimum atomic E-state index is -2.78. The molecule has 1 fully saturated rings. The number of nitrogens with zero attached hydrogens (tertiary/aromatic N) is 2. The molecule has 0 bridgehead atoms. The van der Waals surface area contributed by atoms with Crippen molar-refractivity contribution in [3.05, 3.63) is 0 Å². The van der Waals surface area contributed by atoms with Crippen LogP contribution in [0.5, 0.6) is 0 Å². The molecule has 0 aromatic carbocycles. The van der Waals surface area contributed by atoms with Crippen molar-refractivity contribution in [3.63, 3.8) is 0 Å². The lowest BCUT2D eigenvalue weighted by Gasteiger charge is -2.34. The quantitative estimate of drug-likeness (QED) is 0.287. The number of nitrogens with one attached hydrogen (secondary N) is 1. The highest BCUT2D eigenvalue weighted by Crippen LogP contribution is 2.13. The van der Waals surface area contributed by atoms with Crippen molar-refractivity contribution in [2.45, 2.75) is 18.8 Å². The fourth-order valence-corrected chi connectivity index (χ4v) is 2.92. The minimum absolute atomic E-state index is 0.346. The second-order valence-electron chi connectivity index (χ2n) is 5.60. The molecule has 1 aliphatic heterocycles. The van der Waals surface area contributed by atoms with Crippen LogP contribution < -0.4 is 3.53 Å². The van der Waals surface area contributed by atoms with E-state index in [1.165, 1.54) is 0 Å². The van der Waals surface area contributed by atoms with Gasteiger partial charge in [-0.1, -0.05) is 0 Å². The van der Waals surface area contributed by atoms with Crippen LogP contribution in [0.25, 0.3) is 0 Å². The Morgan fingerprint density at radius 2 is 1.68 bits per heavy atom. The van der Waals surface area contributed by atoms with Gasteiger partial charge in [0.05, 0.1) is 13.2 Å². The maximum absolute atomic E-state index is 13.1. The molecule has 1 N–H and O–H groups in total. The summed E-state index contributed by atoms with van der Waals surface area (Å²) in [6.45, 7) is 6.67. The second kappa shape index (κ2) is 11.9. The zero-order valence-corrected chi connectivity index (χ0v) is 15.5. The number of hydrogen-bond acceptors (Lipinski definition) is 5. The van der Waals surface area contributed by atoms with Crippen molar-refractivity contribution < 1.29 is 18.3 Å². The Morgan fingerprint density at radius 1 is 1.05 bits per heavy atom.